The molecule has 0 radical (unpaired) electrons. The standard InChI is InChI=1S/C21H20N6O2/c28-21-18-12-24-27(16-5-7-29-8-6-16)20(18)25-19(26-21)9-14-3-1-2-4-17(14)15-10-22-13-23-11-15/h1-4,10-13,16H,5-9H2,(H,25,26,28). The minimum Gasteiger partial charge on any atom is -0.381 e. The molecule has 4 aromatic rings. The van der Waals surface area contributed by atoms with Crippen LogP contribution >= 0.6 is 0 Å². The van der Waals surface area contributed by atoms with Crippen molar-refractivity contribution in [2.45, 2.75) is 25.3 Å². The van der Waals surface area contributed by atoms with E-state index in [1.165, 1.54) is 6.33 Å². The molecule has 1 saturated heterocycles. The van der Waals surface area contributed by atoms with Crippen molar-refractivity contribution in [1.82, 2.24) is 29.7 Å². The lowest BCUT2D eigenvalue weighted by molar-refractivity contribution is 0.0673. The summed E-state index contributed by atoms with van der Waals surface area (Å²) < 4.78 is 7.33. The minimum atomic E-state index is -0.163. The average Bonchev–Trinajstić information content (AvgIpc) is 3.20. The highest BCUT2D eigenvalue weighted by Gasteiger charge is 2.21. The zero-order valence-electron chi connectivity index (χ0n) is 15.8. The minimum absolute atomic E-state index is 0.163. The van der Waals surface area contributed by atoms with Gasteiger partial charge in [0.1, 0.15) is 17.5 Å². The van der Waals surface area contributed by atoms with Crippen molar-refractivity contribution < 1.29 is 4.74 Å². The lowest BCUT2D eigenvalue weighted by Gasteiger charge is -2.22. The molecule has 0 aliphatic carbocycles. The molecule has 0 spiro atoms. The summed E-state index contributed by atoms with van der Waals surface area (Å²) in [6.07, 6.45) is 8.92. The van der Waals surface area contributed by atoms with E-state index < -0.39 is 0 Å². The fraction of sp³-hybridized carbons (Fsp3) is 0.286. The highest BCUT2D eigenvalue weighted by Crippen LogP contribution is 2.25. The maximum atomic E-state index is 12.6. The highest BCUT2D eigenvalue weighted by atomic mass is 16.5. The first-order valence-corrected chi connectivity index (χ1v) is 9.67. The van der Waals surface area contributed by atoms with Gasteiger partial charge in [0.05, 0.1) is 12.2 Å². The molecule has 29 heavy (non-hydrogen) atoms. The Kier molecular flexibility index (Phi) is 4.61. The molecule has 0 amide bonds. The summed E-state index contributed by atoms with van der Waals surface area (Å²) in [5.74, 6) is 0.612. The van der Waals surface area contributed by atoms with Crippen LogP contribution in [0, 0.1) is 0 Å². The zero-order chi connectivity index (χ0) is 19.6. The van der Waals surface area contributed by atoms with Crippen LogP contribution in [-0.2, 0) is 11.2 Å². The molecule has 5 rings (SSSR count). The summed E-state index contributed by atoms with van der Waals surface area (Å²) in [5, 5.41) is 4.97. The van der Waals surface area contributed by atoms with Gasteiger partial charge in [-0.2, -0.15) is 5.10 Å². The molecule has 0 unspecified atom stereocenters. The Labute approximate surface area is 166 Å². The number of hydrogen-bond donors (Lipinski definition) is 1. The Balaban J connectivity index is 1.54. The number of ether oxygens (including phenoxy) is 1. The Morgan fingerprint density at radius 1 is 1.10 bits per heavy atom. The van der Waals surface area contributed by atoms with E-state index in [4.69, 9.17) is 9.72 Å². The van der Waals surface area contributed by atoms with Crippen LogP contribution in [0.1, 0.15) is 30.3 Å². The van der Waals surface area contributed by atoms with Crippen LogP contribution in [-0.4, -0.2) is 42.9 Å². The fourth-order valence-electron chi connectivity index (χ4n) is 3.84. The van der Waals surface area contributed by atoms with Crippen LogP contribution in [0.25, 0.3) is 22.2 Å². The van der Waals surface area contributed by atoms with Gasteiger partial charge in [-0.05, 0) is 24.0 Å². The van der Waals surface area contributed by atoms with Gasteiger partial charge in [-0.25, -0.2) is 19.6 Å². The summed E-state index contributed by atoms with van der Waals surface area (Å²) in [6.45, 7) is 1.41. The van der Waals surface area contributed by atoms with Gasteiger partial charge >= 0.3 is 0 Å². The van der Waals surface area contributed by atoms with E-state index in [-0.39, 0.29) is 11.6 Å². The smallest absolute Gasteiger partial charge is 0.262 e. The molecule has 8 nitrogen and oxygen atoms in total. The van der Waals surface area contributed by atoms with Crippen LogP contribution in [0.5, 0.6) is 0 Å². The molecule has 1 N–H and O–H groups in total. The third-order valence-electron chi connectivity index (χ3n) is 5.30. The van der Waals surface area contributed by atoms with Gasteiger partial charge in [0.15, 0.2) is 5.65 Å². The second-order valence-corrected chi connectivity index (χ2v) is 7.14. The molecule has 3 aromatic heterocycles. The molecule has 146 valence electrons. The van der Waals surface area contributed by atoms with Gasteiger partial charge in [0.25, 0.3) is 5.56 Å². The largest absolute Gasteiger partial charge is 0.381 e. The molecule has 1 fully saturated rings. The molecular weight excluding hydrogens is 368 g/mol. The first kappa shape index (κ1) is 17.7. The van der Waals surface area contributed by atoms with E-state index >= 15 is 0 Å². The molecule has 4 heterocycles. The van der Waals surface area contributed by atoms with Gasteiger partial charge in [-0.1, -0.05) is 24.3 Å². The van der Waals surface area contributed by atoms with Crippen molar-refractivity contribution in [1.29, 1.82) is 0 Å². The first-order chi connectivity index (χ1) is 14.3. The molecule has 1 aliphatic rings. The molecular formula is C21H20N6O2. The summed E-state index contributed by atoms with van der Waals surface area (Å²) in [6, 6.07) is 8.22. The maximum absolute atomic E-state index is 12.6. The third-order valence-corrected chi connectivity index (χ3v) is 5.30. The van der Waals surface area contributed by atoms with E-state index in [0.717, 1.165) is 29.5 Å². The van der Waals surface area contributed by atoms with E-state index in [1.807, 2.05) is 28.9 Å². The lowest BCUT2D eigenvalue weighted by Crippen LogP contribution is -2.21. The van der Waals surface area contributed by atoms with Crippen molar-refractivity contribution in [3.63, 3.8) is 0 Å². The maximum Gasteiger partial charge on any atom is 0.262 e. The first-order valence-electron chi connectivity index (χ1n) is 9.67. The summed E-state index contributed by atoms with van der Waals surface area (Å²) >= 11 is 0. The van der Waals surface area contributed by atoms with Crippen LogP contribution in [0.3, 0.4) is 0 Å². The summed E-state index contributed by atoms with van der Waals surface area (Å²) in [7, 11) is 0. The van der Waals surface area contributed by atoms with Crippen LogP contribution in [0.2, 0.25) is 0 Å². The van der Waals surface area contributed by atoms with Crippen molar-refractivity contribution in [3.8, 4) is 11.1 Å². The predicted molar refractivity (Wildman–Crippen MR) is 108 cm³/mol. The molecule has 0 atom stereocenters. The number of nitrogens with zero attached hydrogens (tertiary/aromatic N) is 5. The van der Waals surface area contributed by atoms with Gasteiger partial charge in [-0.3, -0.25) is 4.79 Å². The number of H-pyrrole nitrogens is 1. The monoisotopic (exact) mass is 388 g/mol. The Morgan fingerprint density at radius 3 is 2.72 bits per heavy atom. The topological polar surface area (TPSA) is 98.6 Å². The van der Waals surface area contributed by atoms with Crippen LogP contribution < -0.4 is 5.56 Å². The van der Waals surface area contributed by atoms with E-state index in [9.17, 15) is 4.79 Å². The Bertz CT molecular complexity index is 1190. The van der Waals surface area contributed by atoms with Crippen LogP contribution in [0.4, 0.5) is 0 Å². The molecule has 0 bridgehead atoms. The van der Waals surface area contributed by atoms with Gasteiger partial charge < -0.3 is 9.72 Å². The fourth-order valence-corrected chi connectivity index (χ4v) is 3.84. The van der Waals surface area contributed by atoms with Crippen molar-refractivity contribution in [2.75, 3.05) is 13.2 Å². The van der Waals surface area contributed by atoms with Gasteiger partial charge in [0, 0.05) is 37.6 Å². The number of benzene rings is 1. The predicted octanol–water partition coefficient (Wildman–Crippen LogP) is 2.52. The van der Waals surface area contributed by atoms with Crippen molar-refractivity contribution in [2.24, 2.45) is 0 Å². The number of fused-ring (bicyclic) bond motifs is 1. The van der Waals surface area contributed by atoms with Gasteiger partial charge in [-0.15, -0.1) is 0 Å². The molecule has 8 heteroatoms. The molecule has 0 saturated carbocycles. The molecule has 1 aliphatic heterocycles. The quantitative estimate of drug-likeness (QED) is 0.577. The van der Waals surface area contributed by atoms with Crippen LogP contribution in [0.15, 0.2) is 54.0 Å². The Hall–Kier alpha value is -3.39. The number of hydrogen-bond acceptors (Lipinski definition) is 6. The normalized spacial score (nSPS) is 15.0. The second kappa shape index (κ2) is 7.56. The van der Waals surface area contributed by atoms with Crippen molar-refractivity contribution >= 4 is 11.0 Å². The summed E-state index contributed by atoms with van der Waals surface area (Å²) in [4.78, 5) is 28.6. The van der Waals surface area contributed by atoms with Gasteiger partial charge in [0.2, 0.25) is 0 Å². The van der Waals surface area contributed by atoms with E-state index in [1.54, 1.807) is 18.6 Å². The van der Waals surface area contributed by atoms with E-state index in [2.05, 4.69) is 20.1 Å². The number of rotatable bonds is 4. The lowest BCUT2D eigenvalue weighted by atomic mass is 9.99. The number of nitrogens with one attached hydrogen (secondary N) is 1. The second-order valence-electron chi connectivity index (χ2n) is 7.14. The number of aromatic nitrogens is 6. The van der Waals surface area contributed by atoms with Crippen molar-refractivity contribution in [3.05, 3.63) is 70.9 Å². The third kappa shape index (κ3) is 3.42. The summed E-state index contributed by atoms with van der Waals surface area (Å²) in [5.41, 5.74) is 3.47. The zero-order valence-corrected chi connectivity index (χ0v) is 15.8. The van der Waals surface area contributed by atoms with E-state index in [0.29, 0.717) is 36.5 Å². The highest BCUT2D eigenvalue weighted by molar-refractivity contribution is 5.73. The molecule has 1 aromatic carbocycles. The SMILES string of the molecule is O=c1[nH]c(Cc2ccccc2-c2cncnc2)nc2c1cnn2C1CCOCC1. The number of aromatic amines is 1. The Morgan fingerprint density at radius 2 is 1.90 bits per heavy atom. The average molecular weight is 388 g/mol.